The van der Waals surface area contributed by atoms with E-state index in [0.717, 1.165) is 30.9 Å². The fourth-order valence-corrected chi connectivity index (χ4v) is 5.68. The van der Waals surface area contributed by atoms with Crippen LogP contribution >= 0.6 is 0 Å². The maximum absolute atomic E-state index is 14.7. The van der Waals surface area contributed by atoms with Gasteiger partial charge in [0.25, 0.3) is 5.91 Å². The smallest absolute Gasteiger partial charge is 0.403 e. The predicted molar refractivity (Wildman–Crippen MR) is 129 cm³/mol. The lowest BCUT2D eigenvalue weighted by Gasteiger charge is -2.27. The van der Waals surface area contributed by atoms with E-state index in [2.05, 4.69) is 9.84 Å². The third-order valence-electron chi connectivity index (χ3n) is 7.74. The summed E-state index contributed by atoms with van der Waals surface area (Å²) in [7, 11) is 0. The van der Waals surface area contributed by atoms with Gasteiger partial charge in [0.05, 0.1) is 11.6 Å². The highest BCUT2D eigenvalue weighted by atomic mass is 19.4. The number of Topliss-reactive ketones (excluding diaryl/α,β-unsaturated/α-hetero) is 1. The van der Waals surface area contributed by atoms with Gasteiger partial charge >= 0.3 is 6.36 Å². The molecular weight excluding hydrogens is 520 g/mol. The number of benzene rings is 2. The lowest BCUT2D eigenvalue weighted by Crippen LogP contribution is -2.45. The molecule has 2 heterocycles. The number of aromatic nitrogens is 2. The number of alkyl halides is 3. The van der Waals surface area contributed by atoms with Crippen molar-refractivity contribution in [3.63, 3.8) is 0 Å². The Morgan fingerprint density at radius 3 is 2.56 bits per heavy atom. The highest BCUT2D eigenvalue weighted by Gasteiger charge is 2.55. The van der Waals surface area contributed by atoms with Gasteiger partial charge < -0.3 is 15.4 Å². The zero-order chi connectivity index (χ0) is 27.6. The molecule has 0 bridgehead atoms. The Kier molecular flexibility index (Phi) is 5.88. The highest BCUT2D eigenvalue weighted by molar-refractivity contribution is 6.04. The van der Waals surface area contributed by atoms with Crippen molar-refractivity contribution >= 4 is 28.5 Å². The Balaban J connectivity index is 1.22. The molecule has 6 rings (SSSR count). The standard InChI is InChI=1S/C27H24F4N4O4/c28-24-15(2-1-3-22(24)39-27(29,30)31)11-21(36)20-10-16-9-19(16)35(20)23(37)12-34-18-7-6-14(13-4-5-13)8-17(18)25(33-34)26(32)38/h1-3,6-8,13,16,19-20H,4-5,9-12H2,(H2,32,38)/t16-,19-,20+/m1/s1. The monoisotopic (exact) mass is 544 g/mol. The van der Waals surface area contributed by atoms with Crippen molar-refractivity contribution in [3.8, 4) is 5.75 Å². The molecule has 0 unspecified atom stereocenters. The van der Waals surface area contributed by atoms with E-state index in [0.29, 0.717) is 23.2 Å². The van der Waals surface area contributed by atoms with Crippen molar-refractivity contribution < 1.29 is 36.7 Å². The fourth-order valence-electron chi connectivity index (χ4n) is 5.68. The lowest BCUT2D eigenvalue weighted by atomic mass is 9.99. The molecule has 12 heteroatoms. The summed E-state index contributed by atoms with van der Waals surface area (Å²) in [4.78, 5) is 40.2. The fraction of sp³-hybridized carbons (Fsp3) is 0.407. The van der Waals surface area contributed by atoms with Crippen LogP contribution in [0.4, 0.5) is 17.6 Å². The Hall–Kier alpha value is -3.96. The molecule has 2 aromatic carbocycles. The molecule has 8 nitrogen and oxygen atoms in total. The van der Waals surface area contributed by atoms with E-state index in [-0.39, 0.29) is 35.7 Å². The normalized spacial score (nSPS) is 22.2. The van der Waals surface area contributed by atoms with Gasteiger partial charge in [-0.3, -0.25) is 19.1 Å². The van der Waals surface area contributed by atoms with Gasteiger partial charge in [0, 0.05) is 17.8 Å². The number of nitrogens with two attached hydrogens (primary N) is 1. The number of carbonyl (C=O) groups excluding carboxylic acids is 3. The molecule has 3 fully saturated rings. The van der Waals surface area contributed by atoms with Crippen molar-refractivity contribution in [2.24, 2.45) is 11.7 Å². The van der Waals surface area contributed by atoms with Crippen LogP contribution in [0.3, 0.4) is 0 Å². The number of amides is 2. The van der Waals surface area contributed by atoms with Crippen molar-refractivity contribution in [2.45, 2.75) is 63.0 Å². The van der Waals surface area contributed by atoms with Gasteiger partial charge in [0.1, 0.15) is 6.54 Å². The summed E-state index contributed by atoms with van der Waals surface area (Å²) in [6, 6.07) is 7.87. The number of primary amides is 1. The number of ether oxygens (including phenoxy) is 1. The number of hydrogen-bond donors (Lipinski definition) is 1. The van der Waals surface area contributed by atoms with Crippen molar-refractivity contribution in [3.05, 3.63) is 59.0 Å². The van der Waals surface area contributed by atoms with Gasteiger partial charge in [-0.25, -0.2) is 4.39 Å². The number of fused-ring (bicyclic) bond motifs is 2. The molecule has 204 valence electrons. The Bertz CT molecular complexity index is 1510. The van der Waals surface area contributed by atoms with E-state index in [4.69, 9.17) is 5.73 Å². The zero-order valence-electron chi connectivity index (χ0n) is 20.6. The van der Waals surface area contributed by atoms with Gasteiger partial charge in [-0.2, -0.15) is 5.10 Å². The minimum atomic E-state index is -5.08. The molecule has 2 saturated carbocycles. The number of nitrogens with zero attached hydrogens (tertiary/aromatic N) is 3. The SMILES string of the molecule is NC(=O)c1nn(CC(=O)N2[C@@H]3C[C@@H]3C[C@H]2C(=O)Cc2cccc(OC(F)(F)F)c2F)c2ccc(C3CC3)cc12. The van der Waals surface area contributed by atoms with Crippen LogP contribution in [0.1, 0.15) is 53.2 Å². The minimum absolute atomic E-state index is 0.0649. The van der Waals surface area contributed by atoms with Crippen LogP contribution < -0.4 is 10.5 Å². The minimum Gasteiger partial charge on any atom is -0.403 e. The number of halogens is 4. The first kappa shape index (κ1) is 25.3. The van der Waals surface area contributed by atoms with Gasteiger partial charge in [-0.05, 0) is 66.8 Å². The van der Waals surface area contributed by atoms with Crippen LogP contribution in [0.2, 0.25) is 0 Å². The summed E-state index contributed by atoms with van der Waals surface area (Å²) >= 11 is 0. The maximum Gasteiger partial charge on any atom is 0.573 e. The first-order valence-electron chi connectivity index (χ1n) is 12.7. The topological polar surface area (TPSA) is 108 Å². The third kappa shape index (κ3) is 4.83. The van der Waals surface area contributed by atoms with Crippen molar-refractivity contribution in [1.82, 2.24) is 14.7 Å². The van der Waals surface area contributed by atoms with E-state index in [1.165, 1.54) is 21.7 Å². The van der Waals surface area contributed by atoms with E-state index in [9.17, 15) is 31.9 Å². The Morgan fingerprint density at radius 2 is 1.87 bits per heavy atom. The molecule has 0 spiro atoms. The second-order valence-electron chi connectivity index (χ2n) is 10.5. The second-order valence-corrected chi connectivity index (χ2v) is 10.5. The van der Waals surface area contributed by atoms with Crippen LogP contribution in [0.5, 0.6) is 5.75 Å². The Labute approximate surface area is 219 Å². The second kappa shape index (κ2) is 9.06. The number of rotatable bonds is 8. The summed E-state index contributed by atoms with van der Waals surface area (Å²) in [6.45, 7) is -0.233. The predicted octanol–water partition coefficient (Wildman–Crippen LogP) is 3.85. The summed E-state index contributed by atoms with van der Waals surface area (Å²) in [5.41, 5.74) is 7.02. The van der Waals surface area contributed by atoms with Crippen LogP contribution in [0.15, 0.2) is 36.4 Å². The van der Waals surface area contributed by atoms with Crippen LogP contribution in [0.25, 0.3) is 10.9 Å². The number of piperidine rings is 1. The van der Waals surface area contributed by atoms with Gasteiger partial charge in [0.15, 0.2) is 23.0 Å². The first-order valence-corrected chi connectivity index (χ1v) is 12.7. The summed E-state index contributed by atoms with van der Waals surface area (Å²) in [6.07, 6.45) is -2.30. The number of hydrogen-bond acceptors (Lipinski definition) is 5. The van der Waals surface area contributed by atoms with E-state index < -0.39 is 42.1 Å². The van der Waals surface area contributed by atoms with E-state index in [1.807, 2.05) is 12.1 Å². The quantitative estimate of drug-likeness (QED) is 0.434. The maximum atomic E-state index is 14.7. The first-order chi connectivity index (χ1) is 18.5. The van der Waals surface area contributed by atoms with Gasteiger partial charge in [-0.1, -0.05) is 18.2 Å². The van der Waals surface area contributed by atoms with Crippen LogP contribution in [0, 0.1) is 11.7 Å². The van der Waals surface area contributed by atoms with Gasteiger partial charge in [0.2, 0.25) is 5.91 Å². The average Bonchev–Trinajstić information content (AvgIpc) is 3.79. The molecule has 1 aromatic heterocycles. The molecular formula is C27H24F4N4O4. The molecule has 0 radical (unpaired) electrons. The summed E-state index contributed by atoms with van der Waals surface area (Å²) in [5.74, 6) is -3.30. The molecule has 1 saturated heterocycles. The Morgan fingerprint density at radius 1 is 1.10 bits per heavy atom. The highest BCUT2D eigenvalue weighted by Crippen LogP contribution is 2.48. The average molecular weight is 545 g/mol. The molecule has 2 amide bonds. The molecule has 3 atom stereocenters. The molecule has 2 N–H and O–H groups in total. The molecule has 39 heavy (non-hydrogen) atoms. The van der Waals surface area contributed by atoms with Gasteiger partial charge in [-0.15, -0.1) is 13.2 Å². The van der Waals surface area contributed by atoms with E-state index >= 15 is 0 Å². The number of likely N-dealkylation sites (tertiary alicyclic amines) is 1. The zero-order valence-corrected chi connectivity index (χ0v) is 20.6. The van der Waals surface area contributed by atoms with Crippen LogP contribution in [-0.2, 0) is 22.6 Å². The molecule has 1 aliphatic heterocycles. The molecule has 3 aromatic rings. The molecule has 2 aliphatic carbocycles. The number of carbonyl (C=O) groups is 3. The van der Waals surface area contributed by atoms with Crippen LogP contribution in [-0.4, -0.2) is 50.7 Å². The largest absolute Gasteiger partial charge is 0.573 e. The van der Waals surface area contributed by atoms with E-state index in [1.54, 1.807) is 6.07 Å². The number of ketones is 1. The summed E-state index contributed by atoms with van der Waals surface area (Å²) < 4.78 is 57.6. The summed E-state index contributed by atoms with van der Waals surface area (Å²) in [5, 5.41) is 4.87. The molecule has 3 aliphatic rings. The third-order valence-corrected chi connectivity index (χ3v) is 7.74. The van der Waals surface area contributed by atoms with Crippen molar-refractivity contribution in [2.75, 3.05) is 0 Å². The van der Waals surface area contributed by atoms with Crippen molar-refractivity contribution in [1.29, 1.82) is 0 Å². The lowest BCUT2D eigenvalue weighted by molar-refractivity contribution is -0.275.